The Morgan fingerprint density at radius 1 is 1.16 bits per heavy atom. The second kappa shape index (κ2) is 8.61. The molecule has 0 spiro atoms. The monoisotopic (exact) mass is 493 g/mol. The molecule has 1 aliphatic heterocycles. The van der Waals surface area contributed by atoms with Crippen LogP contribution < -0.4 is 5.32 Å². The average molecular weight is 494 g/mol. The molecular weight excluding hydrogens is 470 g/mol. The highest BCUT2D eigenvalue weighted by Crippen LogP contribution is 2.60. The van der Waals surface area contributed by atoms with E-state index in [0.717, 1.165) is 6.42 Å². The number of anilines is 1. The van der Waals surface area contributed by atoms with Crippen molar-refractivity contribution in [3.05, 3.63) is 29.8 Å². The first-order valence-electron chi connectivity index (χ1n) is 10.3. The summed E-state index contributed by atoms with van der Waals surface area (Å²) in [4.78, 5) is 48.8. The van der Waals surface area contributed by atoms with Gasteiger partial charge in [-0.25, -0.2) is 4.79 Å². The Kier molecular flexibility index (Phi) is 6.05. The SMILES string of the molecule is CC(C)COC(=O)c1ccc(NC(=O)COC(=O)[C@@H]2[C@H]3C[C@H]4[C@H](OC(=O)[C@@H]42)[C@H]3Br)cc1. The van der Waals surface area contributed by atoms with E-state index in [1.54, 1.807) is 24.3 Å². The third-order valence-corrected chi connectivity index (χ3v) is 7.29. The van der Waals surface area contributed by atoms with Gasteiger partial charge in [-0.3, -0.25) is 14.4 Å². The van der Waals surface area contributed by atoms with Gasteiger partial charge in [-0.05, 0) is 42.5 Å². The van der Waals surface area contributed by atoms with Crippen LogP contribution >= 0.6 is 15.9 Å². The minimum Gasteiger partial charge on any atom is -0.462 e. The van der Waals surface area contributed by atoms with Crippen LogP contribution in [-0.4, -0.2) is 48.0 Å². The van der Waals surface area contributed by atoms with Crippen molar-refractivity contribution in [3.63, 3.8) is 0 Å². The van der Waals surface area contributed by atoms with Gasteiger partial charge in [0.15, 0.2) is 6.61 Å². The second-order valence-corrected chi connectivity index (χ2v) is 9.74. The highest BCUT2D eigenvalue weighted by atomic mass is 79.9. The molecule has 166 valence electrons. The number of hydrogen-bond donors (Lipinski definition) is 1. The summed E-state index contributed by atoms with van der Waals surface area (Å²) in [6, 6.07) is 6.26. The Hall–Kier alpha value is -2.42. The molecule has 8 nitrogen and oxygen atoms in total. The standard InChI is InChI=1S/C22H24BrNO7/c1-10(2)8-29-20(26)11-3-5-12(6-4-11)24-15(25)9-30-21(27)16-13-7-14-17(16)22(28)31-19(14)18(13)23/h3-6,10,13-14,16-19H,7-9H2,1-2H3,(H,24,25)/t13-,14-,16-,17+,18+,19+/m1/s1. The second-order valence-electron chi connectivity index (χ2n) is 8.69. The number of alkyl halides is 1. The van der Waals surface area contributed by atoms with Gasteiger partial charge in [0.05, 0.1) is 28.8 Å². The molecule has 1 heterocycles. The molecule has 1 aromatic rings. The highest BCUT2D eigenvalue weighted by molar-refractivity contribution is 9.09. The molecule has 1 N–H and O–H groups in total. The molecule has 1 amide bonds. The normalized spacial score (nSPS) is 30.3. The first-order valence-corrected chi connectivity index (χ1v) is 11.3. The van der Waals surface area contributed by atoms with Gasteiger partial charge in [0, 0.05) is 11.6 Å². The Morgan fingerprint density at radius 3 is 2.55 bits per heavy atom. The number of amides is 1. The summed E-state index contributed by atoms with van der Waals surface area (Å²) in [6.45, 7) is 3.78. The van der Waals surface area contributed by atoms with E-state index in [0.29, 0.717) is 17.9 Å². The van der Waals surface area contributed by atoms with Crippen LogP contribution in [0.2, 0.25) is 0 Å². The summed E-state index contributed by atoms with van der Waals surface area (Å²) in [6.07, 6.45) is 0.579. The molecular formula is C22H24BrNO7. The summed E-state index contributed by atoms with van der Waals surface area (Å²) in [5.41, 5.74) is 0.844. The Balaban J connectivity index is 1.27. The van der Waals surface area contributed by atoms with Crippen LogP contribution in [-0.2, 0) is 28.6 Å². The van der Waals surface area contributed by atoms with E-state index in [1.165, 1.54) is 0 Å². The third-order valence-electron chi connectivity index (χ3n) is 6.09. The van der Waals surface area contributed by atoms with Crippen molar-refractivity contribution in [2.45, 2.75) is 31.2 Å². The lowest BCUT2D eigenvalue weighted by molar-refractivity contribution is -0.157. The summed E-state index contributed by atoms with van der Waals surface area (Å²) < 4.78 is 15.8. The van der Waals surface area contributed by atoms with Gasteiger partial charge in [0.1, 0.15) is 6.10 Å². The molecule has 3 aliphatic rings. The average Bonchev–Trinajstić information content (AvgIpc) is 3.35. The number of nitrogens with one attached hydrogen (secondary N) is 1. The van der Waals surface area contributed by atoms with Gasteiger partial charge < -0.3 is 19.5 Å². The van der Waals surface area contributed by atoms with Crippen molar-refractivity contribution in [2.24, 2.45) is 29.6 Å². The summed E-state index contributed by atoms with van der Waals surface area (Å²) in [7, 11) is 0. The van der Waals surface area contributed by atoms with E-state index in [2.05, 4.69) is 21.2 Å². The molecule has 2 saturated carbocycles. The maximum atomic E-state index is 12.6. The lowest BCUT2D eigenvalue weighted by Gasteiger charge is -2.26. The number of carbonyl (C=O) groups excluding carboxylic acids is 4. The molecule has 4 rings (SSSR count). The molecule has 3 fully saturated rings. The van der Waals surface area contributed by atoms with E-state index in [-0.39, 0.29) is 34.7 Å². The molecule has 0 radical (unpaired) electrons. The zero-order valence-corrected chi connectivity index (χ0v) is 18.8. The number of ether oxygens (including phenoxy) is 3. The summed E-state index contributed by atoms with van der Waals surface area (Å²) in [5, 5.41) is 2.62. The van der Waals surface area contributed by atoms with Gasteiger partial charge in [-0.1, -0.05) is 29.8 Å². The summed E-state index contributed by atoms with van der Waals surface area (Å²) in [5.74, 6) is -2.62. The van der Waals surface area contributed by atoms with Crippen molar-refractivity contribution >= 4 is 45.4 Å². The lowest BCUT2D eigenvalue weighted by Crippen LogP contribution is -2.39. The molecule has 2 aliphatic carbocycles. The van der Waals surface area contributed by atoms with E-state index in [9.17, 15) is 19.2 Å². The lowest BCUT2D eigenvalue weighted by atomic mass is 9.80. The van der Waals surface area contributed by atoms with Crippen LogP contribution in [0, 0.1) is 29.6 Å². The third kappa shape index (κ3) is 4.20. The van der Waals surface area contributed by atoms with Gasteiger partial charge >= 0.3 is 17.9 Å². The maximum Gasteiger partial charge on any atom is 0.338 e. The Morgan fingerprint density at radius 2 is 1.87 bits per heavy atom. The molecule has 1 aromatic carbocycles. The van der Waals surface area contributed by atoms with Gasteiger partial charge in [0.25, 0.3) is 5.91 Å². The van der Waals surface area contributed by atoms with Crippen molar-refractivity contribution in [2.75, 3.05) is 18.5 Å². The minimum absolute atomic E-state index is 0.0231. The molecule has 0 unspecified atom stereocenters. The predicted octanol–water partition coefficient (Wildman–Crippen LogP) is 2.55. The van der Waals surface area contributed by atoms with Crippen molar-refractivity contribution in [3.8, 4) is 0 Å². The molecule has 2 bridgehead atoms. The fraction of sp³-hybridized carbons (Fsp3) is 0.545. The molecule has 0 aromatic heterocycles. The largest absolute Gasteiger partial charge is 0.462 e. The quantitative estimate of drug-likeness (QED) is 0.353. The van der Waals surface area contributed by atoms with Crippen LogP contribution in [0.15, 0.2) is 24.3 Å². The number of fused-ring (bicyclic) bond motifs is 1. The fourth-order valence-electron chi connectivity index (χ4n) is 4.74. The first-order chi connectivity index (χ1) is 14.8. The van der Waals surface area contributed by atoms with Crippen LogP contribution in [0.4, 0.5) is 5.69 Å². The van der Waals surface area contributed by atoms with E-state index in [4.69, 9.17) is 14.2 Å². The predicted molar refractivity (Wildman–Crippen MR) is 112 cm³/mol. The van der Waals surface area contributed by atoms with E-state index >= 15 is 0 Å². The molecule has 31 heavy (non-hydrogen) atoms. The van der Waals surface area contributed by atoms with E-state index in [1.807, 2.05) is 13.8 Å². The van der Waals surface area contributed by atoms with Crippen LogP contribution in [0.1, 0.15) is 30.6 Å². The zero-order chi connectivity index (χ0) is 22.3. The van der Waals surface area contributed by atoms with E-state index < -0.39 is 36.3 Å². The van der Waals surface area contributed by atoms with Crippen molar-refractivity contribution < 1.29 is 33.4 Å². The van der Waals surface area contributed by atoms with Crippen LogP contribution in [0.3, 0.4) is 0 Å². The molecule has 6 atom stereocenters. The van der Waals surface area contributed by atoms with Gasteiger partial charge in [-0.15, -0.1) is 0 Å². The molecule has 9 heteroatoms. The number of hydrogen-bond acceptors (Lipinski definition) is 7. The minimum atomic E-state index is -0.579. The number of benzene rings is 1. The fourth-order valence-corrected chi connectivity index (χ4v) is 5.78. The van der Waals surface area contributed by atoms with Gasteiger partial charge in [-0.2, -0.15) is 0 Å². The van der Waals surface area contributed by atoms with Crippen LogP contribution in [0.25, 0.3) is 0 Å². The number of rotatable bonds is 7. The number of esters is 3. The van der Waals surface area contributed by atoms with Crippen molar-refractivity contribution in [1.29, 1.82) is 0 Å². The van der Waals surface area contributed by atoms with Crippen molar-refractivity contribution in [1.82, 2.24) is 0 Å². The summed E-state index contributed by atoms with van der Waals surface area (Å²) >= 11 is 3.54. The topological polar surface area (TPSA) is 108 Å². The highest BCUT2D eigenvalue weighted by Gasteiger charge is 2.68. The number of carbonyl (C=O) groups is 4. The Bertz CT molecular complexity index is 900. The zero-order valence-electron chi connectivity index (χ0n) is 17.2. The number of halogens is 1. The smallest absolute Gasteiger partial charge is 0.338 e. The Labute approximate surface area is 188 Å². The first kappa shape index (κ1) is 21.8. The van der Waals surface area contributed by atoms with Gasteiger partial charge in [0.2, 0.25) is 0 Å². The van der Waals surface area contributed by atoms with Crippen LogP contribution in [0.5, 0.6) is 0 Å². The molecule has 1 saturated heterocycles. The maximum absolute atomic E-state index is 12.6.